The minimum Gasteiger partial charge on any atom is -0.354 e. The van der Waals surface area contributed by atoms with E-state index in [4.69, 9.17) is 0 Å². The first-order chi connectivity index (χ1) is 30.2. The normalized spacial score (nSPS) is 24.0. The van der Waals surface area contributed by atoms with Crippen LogP contribution in [0.3, 0.4) is 0 Å². The molecule has 4 aliphatic rings. The predicted molar refractivity (Wildman–Crippen MR) is 238 cm³/mol. The van der Waals surface area contributed by atoms with E-state index in [1.807, 2.05) is 36.4 Å². The van der Waals surface area contributed by atoms with E-state index in [9.17, 15) is 28.8 Å². The lowest BCUT2D eigenvalue weighted by Crippen LogP contribution is -2.61. The Bertz CT molecular complexity index is 1950. The first kappa shape index (κ1) is 44.5. The molecule has 12 heteroatoms. The van der Waals surface area contributed by atoms with Gasteiger partial charge in [0.15, 0.2) is 0 Å². The number of carbonyl (C=O) groups excluding carboxylic acids is 6. The molecule has 4 fully saturated rings. The van der Waals surface area contributed by atoms with Crippen molar-refractivity contribution in [1.29, 1.82) is 0 Å². The Balaban J connectivity index is 0.991. The molecule has 1 unspecified atom stereocenters. The predicted octanol–water partition coefficient (Wildman–Crippen LogP) is 6.04. The van der Waals surface area contributed by atoms with Gasteiger partial charge in [-0.05, 0) is 61.1 Å². The number of nitrogens with one attached hydrogen (secondary N) is 3. The second-order valence-electron chi connectivity index (χ2n) is 17.8. The van der Waals surface area contributed by atoms with Gasteiger partial charge in [-0.1, -0.05) is 113 Å². The summed E-state index contributed by atoms with van der Waals surface area (Å²) >= 11 is 0. The molecule has 0 bridgehead atoms. The highest BCUT2D eigenvalue weighted by Crippen LogP contribution is 2.42. The van der Waals surface area contributed by atoms with E-state index >= 15 is 0 Å². The lowest BCUT2D eigenvalue weighted by atomic mass is 9.94. The zero-order valence-corrected chi connectivity index (χ0v) is 36.4. The molecular formula is C50H64N6O6. The third kappa shape index (κ3) is 11.1. The maximum absolute atomic E-state index is 14.1. The fourth-order valence-corrected chi connectivity index (χ4v) is 9.27. The second kappa shape index (κ2) is 21.0. The van der Waals surface area contributed by atoms with Crippen molar-refractivity contribution in [3.05, 3.63) is 107 Å². The molecule has 6 amide bonds. The number of rotatable bonds is 19. The van der Waals surface area contributed by atoms with E-state index in [1.54, 1.807) is 39.0 Å². The monoisotopic (exact) mass is 844 g/mol. The molecule has 3 aromatic carbocycles. The van der Waals surface area contributed by atoms with Crippen molar-refractivity contribution in [3.8, 4) is 0 Å². The quantitative estimate of drug-likeness (QED) is 0.126. The maximum Gasteiger partial charge on any atom is 0.253 e. The van der Waals surface area contributed by atoms with Crippen molar-refractivity contribution >= 4 is 35.4 Å². The van der Waals surface area contributed by atoms with Gasteiger partial charge in [-0.3, -0.25) is 28.8 Å². The van der Waals surface area contributed by atoms with Gasteiger partial charge in [0.25, 0.3) is 11.8 Å². The summed E-state index contributed by atoms with van der Waals surface area (Å²) in [6.07, 6.45) is 9.98. The smallest absolute Gasteiger partial charge is 0.253 e. The zero-order valence-electron chi connectivity index (χ0n) is 36.4. The molecule has 7 rings (SSSR count). The Morgan fingerprint density at radius 3 is 1.58 bits per heavy atom. The number of nitrogens with zero attached hydrogens (tertiary/aromatic N) is 3. The van der Waals surface area contributed by atoms with Crippen LogP contribution in [0, 0.1) is 11.8 Å². The van der Waals surface area contributed by atoms with Gasteiger partial charge in [-0.15, -0.1) is 0 Å². The molecule has 0 spiro atoms. The minimum atomic E-state index is -0.781. The molecular weight excluding hydrogens is 781 g/mol. The zero-order chi connectivity index (χ0) is 43.6. The first-order valence-electron chi connectivity index (χ1n) is 23.1. The number of unbranched alkanes of at least 4 members (excludes halogenated alkanes) is 6. The molecule has 2 aliphatic heterocycles. The molecule has 0 radical (unpaired) electrons. The highest BCUT2D eigenvalue weighted by Gasteiger charge is 2.49. The van der Waals surface area contributed by atoms with E-state index in [1.165, 1.54) is 11.1 Å². The highest BCUT2D eigenvalue weighted by atomic mass is 16.2. The summed E-state index contributed by atoms with van der Waals surface area (Å²) in [6.45, 7) is 5.61. The molecule has 3 N–H and O–H groups in total. The summed E-state index contributed by atoms with van der Waals surface area (Å²) in [5, 5.41) is 9.37. The number of amides is 6. The lowest BCUT2D eigenvalue weighted by molar-refractivity contribution is -0.143. The minimum absolute atomic E-state index is 0.0198. The van der Waals surface area contributed by atoms with Gasteiger partial charge >= 0.3 is 0 Å². The number of benzene rings is 3. The Kier molecular flexibility index (Phi) is 15.1. The van der Waals surface area contributed by atoms with Crippen molar-refractivity contribution in [1.82, 2.24) is 30.7 Å². The third-order valence-electron chi connectivity index (χ3n) is 13.2. The van der Waals surface area contributed by atoms with E-state index in [2.05, 4.69) is 54.1 Å². The van der Waals surface area contributed by atoms with Crippen LogP contribution < -0.4 is 16.0 Å². The Morgan fingerprint density at radius 2 is 1.05 bits per heavy atom. The van der Waals surface area contributed by atoms with E-state index in [0.717, 1.165) is 64.2 Å². The topological polar surface area (TPSA) is 148 Å². The van der Waals surface area contributed by atoms with E-state index in [-0.39, 0.29) is 85.5 Å². The number of hydrogen-bond donors (Lipinski definition) is 3. The Morgan fingerprint density at radius 1 is 0.548 bits per heavy atom. The van der Waals surface area contributed by atoms with Crippen LogP contribution in [0.15, 0.2) is 84.9 Å². The molecule has 2 saturated heterocycles. The number of likely N-dealkylation sites (tertiary alicyclic amines) is 1. The maximum atomic E-state index is 14.1. The highest BCUT2D eigenvalue weighted by molar-refractivity contribution is 6.00. The SMILES string of the molecule is CCCCCCCC(=O)N1CCN(C(=O)c2ccc(C(=O)N3C[C@@H](C(=O)N[C@H]4C[C@@H]4c4ccccc4)[C@H](C(=O)N[C@H]4C[C@@H]4c4ccccc4)C3)cc2)CC1C(=O)NCCCCC. The molecule has 2 heterocycles. The van der Waals surface area contributed by atoms with Crippen LogP contribution in [0.2, 0.25) is 0 Å². The van der Waals surface area contributed by atoms with Crippen LogP contribution in [0.4, 0.5) is 0 Å². The van der Waals surface area contributed by atoms with Crippen molar-refractivity contribution in [2.24, 2.45) is 11.8 Å². The largest absolute Gasteiger partial charge is 0.354 e. The Hall–Kier alpha value is -5.52. The molecule has 3 aromatic rings. The van der Waals surface area contributed by atoms with Crippen LogP contribution >= 0.6 is 0 Å². The Labute approximate surface area is 366 Å². The third-order valence-corrected chi connectivity index (χ3v) is 13.2. The summed E-state index contributed by atoms with van der Waals surface area (Å²) in [4.78, 5) is 87.5. The van der Waals surface area contributed by atoms with Crippen LogP contribution in [-0.4, -0.2) is 108 Å². The molecule has 330 valence electrons. The fraction of sp³-hybridized carbons (Fsp3) is 0.520. The van der Waals surface area contributed by atoms with Crippen molar-refractivity contribution in [3.63, 3.8) is 0 Å². The van der Waals surface area contributed by atoms with Crippen LogP contribution in [-0.2, 0) is 19.2 Å². The number of hydrogen-bond acceptors (Lipinski definition) is 6. The summed E-state index contributed by atoms with van der Waals surface area (Å²) < 4.78 is 0. The van der Waals surface area contributed by atoms with Gasteiger partial charge < -0.3 is 30.7 Å². The van der Waals surface area contributed by atoms with Crippen molar-refractivity contribution < 1.29 is 28.8 Å². The number of carbonyl (C=O) groups is 6. The fourth-order valence-electron chi connectivity index (χ4n) is 9.27. The van der Waals surface area contributed by atoms with Gasteiger partial charge in [-0.25, -0.2) is 0 Å². The molecule has 62 heavy (non-hydrogen) atoms. The van der Waals surface area contributed by atoms with Crippen molar-refractivity contribution in [2.75, 3.05) is 39.3 Å². The van der Waals surface area contributed by atoms with E-state index in [0.29, 0.717) is 30.6 Å². The average Bonchev–Trinajstić information content (AvgIpc) is 4.22. The van der Waals surface area contributed by atoms with Crippen molar-refractivity contribution in [2.45, 2.75) is 114 Å². The first-order valence-corrected chi connectivity index (χ1v) is 23.1. The summed E-state index contributed by atoms with van der Waals surface area (Å²) in [6, 6.07) is 25.8. The van der Waals surface area contributed by atoms with E-state index < -0.39 is 17.9 Å². The van der Waals surface area contributed by atoms with Gasteiger partial charge in [0, 0.05) is 74.2 Å². The van der Waals surface area contributed by atoms with Crippen LogP contribution in [0.1, 0.15) is 128 Å². The lowest BCUT2D eigenvalue weighted by Gasteiger charge is -2.40. The average molecular weight is 845 g/mol. The number of piperazine rings is 1. The molecule has 12 nitrogen and oxygen atoms in total. The van der Waals surface area contributed by atoms with Crippen LogP contribution in [0.25, 0.3) is 0 Å². The van der Waals surface area contributed by atoms with Crippen LogP contribution in [0.5, 0.6) is 0 Å². The second-order valence-corrected chi connectivity index (χ2v) is 17.8. The molecule has 7 atom stereocenters. The van der Waals surface area contributed by atoms with Gasteiger partial charge in [0.05, 0.1) is 18.4 Å². The standard InChI is InChI=1S/C50H64N6O6/c1-3-5-7-8-15-21-45(57)56-28-27-54(33-44(56)48(60)51-26-16-6-4-2)49(61)36-22-24-37(25-23-36)50(62)55-31-40(46(58)52-42-29-38(42)34-17-11-9-12-18-34)41(32-55)47(59)53-43-30-39(43)35-19-13-10-14-20-35/h9-14,17-20,22-25,38-44H,3-8,15-16,21,26-33H2,1-2H3,(H,51,60)(H,52,58)(H,53,59)/t38-,39-,40-,41-,42+,43+,44?/m1/s1. The molecule has 2 saturated carbocycles. The van der Waals surface area contributed by atoms with Gasteiger partial charge in [-0.2, -0.15) is 0 Å². The summed E-state index contributed by atoms with van der Waals surface area (Å²) in [5.41, 5.74) is 3.05. The summed E-state index contributed by atoms with van der Waals surface area (Å²) in [7, 11) is 0. The molecule has 2 aliphatic carbocycles. The molecule has 0 aromatic heterocycles. The summed E-state index contributed by atoms with van der Waals surface area (Å²) in [5.74, 6) is -2.32. The van der Waals surface area contributed by atoms with Gasteiger partial charge in [0.2, 0.25) is 23.6 Å². The van der Waals surface area contributed by atoms with Gasteiger partial charge in [0.1, 0.15) is 6.04 Å².